The number of nitrogens with one attached hydrogen (secondary N) is 1. The topological polar surface area (TPSA) is 59.8 Å². The van der Waals surface area contributed by atoms with Gasteiger partial charge >= 0.3 is 0 Å². The van der Waals surface area contributed by atoms with E-state index < -0.39 is 0 Å². The van der Waals surface area contributed by atoms with Gasteiger partial charge in [-0.3, -0.25) is 14.7 Å². The van der Waals surface area contributed by atoms with Crippen molar-refractivity contribution in [2.75, 3.05) is 0 Å². The Morgan fingerprint density at radius 1 is 1.11 bits per heavy atom. The quantitative estimate of drug-likeness (QED) is 0.713. The van der Waals surface area contributed by atoms with Gasteiger partial charge in [-0.2, -0.15) is 0 Å². The van der Waals surface area contributed by atoms with E-state index in [9.17, 15) is 9.59 Å². The number of aromatic amines is 1. The molecule has 0 radical (unpaired) electrons. The van der Waals surface area contributed by atoms with E-state index in [-0.39, 0.29) is 11.1 Å². The first-order valence-corrected chi connectivity index (χ1v) is 5.96. The molecule has 0 saturated carbocycles. The van der Waals surface area contributed by atoms with Crippen LogP contribution in [0.2, 0.25) is 0 Å². The van der Waals surface area contributed by atoms with Crippen LogP contribution < -0.4 is 11.1 Å². The minimum absolute atomic E-state index is 0.133. The van der Waals surface area contributed by atoms with Crippen LogP contribution in [0.15, 0.2) is 46.0 Å². The number of benzene rings is 1. The third kappa shape index (κ3) is 1.62. The maximum atomic E-state index is 12.4. The second-order valence-corrected chi connectivity index (χ2v) is 4.50. The van der Waals surface area contributed by atoms with Crippen LogP contribution in [0, 0.1) is 6.92 Å². The number of para-hydroxylation sites is 1. The normalized spacial score (nSPS) is 11.1. The first kappa shape index (κ1) is 11.5. The minimum Gasteiger partial charge on any atom is -0.315 e. The summed E-state index contributed by atoms with van der Waals surface area (Å²) in [5.74, 6) is 0. The van der Waals surface area contributed by atoms with Crippen LogP contribution in [0.4, 0.5) is 0 Å². The van der Waals surface area contributed by atoms with Crippen molar-refractivity contribution in [3.63, 3.8) is 0 Å². The summed E-state index contributed by atoms with van der Waals surface area (Å²) in [6.45, 7) is 1.77. The molecule has 19 heavy (non-hydrogen) atoms. The zero-order valence-electron chi connectivity index (χ0n) is 10.7. The maximum Gasteiger partial charge on any atom is 0.280 e. The standard InChI is InChI=1S/C14H13N3O2/c1-9-13-11(8-12(18)16(9)2)15-17(14(13)19)10-6-4-3-5-7-10/h3-8,15H,1-2H3. The van der Waals surface area contributed by atoms with Crippen molar-refractivity contribution >= 4 is 10.9 Å². The third-order valence-electron chi connectivity index (χ3n) is 3.40. The number of hydrogen-bond acceptors (Lipinski definition) is 2. The summed E-state index contributed by atoms with van der Waals surface area (Å²) < 4.78 is 2.93. The molecule has 5 nitrogen and oxygen atoms in total. The molecular formula is C14H13N3O2. The molecule has 2 aromatic heterocycles. The zero-order valence-corrected chi connectivity index (χ0v) is 10.7. The molecule has 1 aromatic carbocycles. The van der Waals surface area contributed by atoms with Gasteiger partial charge in [-0.05, 0) is 19.1 Å². The van der Waals surface area contributed by atoms with E-state index in [0.717, 1.165) is 5.69 Å². The Morgan fingerprint density at radius 3 is 2.47 bits per heavy atom. The van der Waals surface area contributed by atoms with E-state index in [1.54, 1.807) is 14.0 Å². The van der Waals surface area contributed by atoms with Crippen LogP contribution in [-0.2, 0) is 7.05 Å². The van der Waals surface area contributed by atoms with Gasteiger partial charge in [0, 0.05) is 18.8 Å². The molecule has 0 aliphatic heterocycles. The molecule has 0 aliphatic rings. The van der Waals surface area contributed by atoms with Gasteiger partial charge in [0.15, 0.2) is 0 Å². The summed E-state index contributed by atoms with van der Waals surface area (Å²) >= 11 is 0. The highest BCUT2D eigenvalue weighted by Crippen LogP contribution is 2.12. The van der Waals surface area contributed by atoms with Gasteiger partial charge in [0.25, 0.3) is 11.1 Å². The lowest BCUT2D eigenvalue weighted by Gasteiger charge is -2.01. The lowest BCUT2D eigenvalue weighted by atomic mass is 10.2. The molecule has 0 spiro atoms. The van der Waals surface area contributed by atoms with Crippen molar-refractivity contribution in [2.24, 2.45) is 7.05 Å². The number of aryl methyl sites for hydroxylation is 1. The molecule has 96 valence electrons. The van der Waals surface area contributed by atoms with Crippen molar-refractivity contribution in [3.8, 4) is 5.69 Å². The number of nitrogens with zero attached hydrogens (tertiary/aromatic N) is 2. The molecule has 0 amide bonds. The molecule has 0 aliphatic carbocycles. The van der Waals surface area contributed by atoms with Gasteiger partial charge < -0.3 is 4.57 Å². The molecule has 5 heteroatoms. The average Bonchev–Trinajstić information content (AvgIpc) is 2.74. The molecule has 0 atom stereocenters. The Morgan fingerprint density at radius 2 is 1.79 bits per heavy atom. The zero-order chi connectivity index (χ0) is 13.6. The number of fused-ring (bicyclic) bond motifs is 1. The molecule has 3 rings (SSSR count). The van der Waals surface area contributed by atoms with E-state index in [1.165, 1.54) is 15.3 Å². The largest absolute Gasteiger partial charge is 0.315 e. The van der Waals surface area contributed by atoms with E-state index in [2.05, 4.69) is 5.10 Å². The van der Waals surface area contributed by atoms with E-state index >= 15 is 0 Å². The third-order valence-corrected chi connectivity index (χ3v) is 3.40. The van der Waals surface area contributed by atoms with Crippen LogP contribution in [0.25, 0.3) is 16.6 Å². The summed E-state index contributed by atoms with van der Waals surface area (Å²) in [7, 11) is 1.66. The Hall–Kier alpha value is -2.56. The summed E-state index contributed by atoms with van der Waals surface area (Å²) in [5, 5.41) is 3.53. The van der Waals surface area contributed by atoms with Gasteiger partial charge in [-0.25, -0.2) is 4.68 Å². The lowest BCUT2D eigenvalue weighted by Crippen LogP contribution is -2.20. The summed E-state index contributed by atoms with van der Waals surface area (Å²) in [4.78, 5) is 24.2. The molecule has 0 saturated heterocycles. The van der Waals surface area contributed by atoms with Gasteiger partial charge in [-0.1, -0.05) is 18.2 Å². The molecule has 2 heterocycles. The molecule has 0 unspecified atom stereocenters. The van der Waals surface area contributed by atoms with Gasteiger partial charge in [0.1, 0.15) is 0 Å². The number of pyridine rings is 1. The monoisotopic (exact) mass is 255 g/mol. The van der Waals surface area contributed by atoms with Crippen LogP contribution in [-0.4, -0.2) is 14.3 Å². The minimum atomic E-state index is -0.144. The van der Waals surface area contributed by atoms with Crippen molar-refractivity contribution in [1.29, 1.82) is 0 Å². The van der Waals surface area contributed by atoms with Gasteiger partial charge in [0.05, 0.1) is 16.6 Å². The molecule has 0 bridgehead atoms. The number of rotatable bonds is 1. The lowest BCUT2D eigenvalue weighted by molar-refractivity contribution is 0.830. The SMILES string of the molecule is Cc1c2c(=O)n(-c3ccccc3)[nH]c2cc(=O)n1C. The van der Waals surface area contributed by atoms with Crippen LogP contribution in [0.1, 0.15) is 5.69 Å². The Kier molecular flexibility index (Phi) is 2.41. The Balaban J connectivity index is 2.43. The van der Waals surface area contributed by atoms with Crippen molar-refractivity contribution in [2.45, 2.75) is 6.92 Å². The molecule has 3 aromatic rings. The maximum absolute atomic E-state index is 12.4. The highest BCUT2D eigenvalue weighted by atomic mass is 16.1. The van der Waals surface area contributed by atoms with Crippen molar-refractivity contribution < 1.29 is 0 Å². The summed E-state index contributed by atoms with van der Waals surface area (Å²) in [6, 6.07) is 10.7. The predicted molar refractivity (Wildman–Crippen MR) is 73.9 cm³/mol. The number of H-pyrrole nitrogens is 1. The highest BCUT2D eigenvalue weighted by molar-refractivity contribution is 5.80. The van der Waals surface area contributed by atoms with Gasteiger partial charge in [-0.15, -0.1) is 0 Å². The fourth-order valence-electron chi connectivity index (χ4n) is 2.22. The highest BCUT2D eigenvalue weighted by Gasteiger charge is 2.13. The molecular weight excluding hydrogens is 242 g/mol. The van der Waals surface area contributed by atoms with E-state index in [0.29, 0.717) is 16.6 Å². The fraction of sp³-hybridized carbons (Fsp3) is 0.143. The van der Waals surface area contributed by atoms with Gasteiger partial charge in [0.2, 0.25) is 0 Å². The molecule has 0 fully saturated rings. The fourth-order valence-corrected chi connectivity index (χ4v) is 2.22. The predicted octanol–water partition coefficient (Wildman–Crippen LogP) is 1.33. The second-order valence-electron chi connectivity index (χ2n) is 4.50. The van der Waals surface area contributed by atoms with Crippen LogP contribution in [0.3, 0.4) is 0 Å². The Labute approximate surface area is 108 Å². The van der Waals surface area contributed by atoms with Crippen molar-refractivity contribution in [3.05, 3.63) is 62.8 Å². The Bertz CT molecular complexity index is 869. The van der Waals surface area contributed by atoms with Crippen LogP contribution in [0.5, 0.6) is 0 Å². The number of hydrogen-bond donors (Lipinski definition) is 1. The first-order chi connectivity index (χ1) is 9.09. The van der Waals surface area contributed by atoms with E-state index in [1.807, 2.05) is 30.3 Å². The first-order valence-electron chi connectivity index (χ1n) is 5.96. The summed E-state index contributed by atoms with van der Waals surface area (Å²) in [5.41, 5.74) is 1.70. The molecule has 1 N–H and O–H groups in total. The number of aromatic nitrogens is 3. The average molecular weight is 255 g/mol. The second kappa shape index (κ2) is 3.98. The van der Waals surface area contributed by atoms with Crippen LogP contribution >= 0.6 is 0 Å². The van der Waals surface area contributed by atoms with E-state index in [4.69, 9.17) is 0 Å². The summed E-state index contributed by atoms with van der Waals surface area (Å²) in [6.07, 6.45) is 0. The smallest absolute Gasteiger partial charge is 0.280 e. The van der Waals surface area contributed by atoms with Crippen molar-refractivity contribution in [1.82, 2.24) is 14.3 Å².